The van der Waals surface area contributed by atoms with Crippen LogP contribution in [0.2, 0.25) is 0 Å². The molecule has 1 aromatic carbocycles. The van der Waals surface area contributed by atoms with Crippen molar-refractivity contribution in [3.63, 3.8) is 0 Å². The van der Waals surface area contributed by atoms with Crippen LogP contribution in [0.15, 0.2) is 24.3 Å². The number of benzene rings is 1. The second kappa shape index (κ2) is 4.51. The largest absolute Gasteiger partial charge is 0.481 e. The number of nitro benzene ring substituents is 1. The number of rotatable bonds is 3. The number of nitrogens with zero attached hydrogens (tertiary/aromatic N) is 2. The van der Waals surface area contributed by atoms with E-state index >= 15 is 0 Å². The van der Waals surface area contributed by atoms with Gasteiger partial charge < -0.3 is 15.1 Å². The summed E-state index contributed by atoms with van der Waals surface area (Å²) < 4.78 is 0. The number of fused-ring (bicyclic) bond motifs is 1. The van der Waals surface area contributed by atoms with Crippen molar-refractivity contribution in [2.45, 2.75) is 18.6 Å². The fourth-order valence-electron chi connectivity index (χ4n) is 4.73. The van der Waals surface area contributed by atoms with Gasteiger partial charge in [-0.25, -0.2) is 0 Å². The molecule has 2 saturated carbocycles. The van der Waals surface area contributed by atoms with Gasteiger partial charge in [0, 0.05) is 18.1 Å². The Balaban J connectivity index is 1.78. The number of anilines is 1. The molecular weight excluding hydrogens is 304 g/mol. The van der Waals surface area contributed by atoms with E-state index < -0.39 is 40.8 Å². The van der Waals surface area contributed by atoms with E-state index in [0.717, 1.165) is 0 Å². The third kappa shape index (κ3) is 1.69. The highest BCUT2D eigenvalue weighted by atomic mass is 16.6. The molecule has 1 aliphatic heterocycles. The average molecular weight is 318 g/mol. The molecule has 120 valence electrons. The van der Waals surface area contributed by atoms with E-state index in [2.05, 4.69) is 0 Å². The van der Waals surface area contributed by atoms with Crippen LogP contribution in [-0.4, -0.2) is 39.2 Å². The van der Waals surface area contributed by atoms with E-state index in [-0.39, 0.29) is 17.5 Å². The van der Waals surface area contributed by atoms with E-state index in [1.165, 1.54) is 23.1 Å². The van der Waals surface area contributed by atoms with Gasteiger partial charge in [-0.2, -0.15) is 0 Å². The molecule has 2 N–H and O–H groups in total. The van der Waals surface area contributed by atoms with Gasteiger partial charge in [0.1, 0.15) is 0 Å². The Kier molecular flexibility index (Phi) is 2.77. The predicted molar refractivity (Wildman–Crippen MR) is 76.6 cm³/mol. The van der Waals surface area contributed by atoms with Crippen molar-refractivity contribution in [3.8, 4) is 0 Å². The third-order valence-corrected chi connectivity index (χ3v) is 5.51. The normalized spacial score (nSPS) is 37.4. The molecule has 2 bridgehead atoms. The van der Waals surface area contributed by atoms with E-state index in [9.17, 15) is 29.9 Å². The van der Waals surface area contributed by atoms with Gasteiger partial charge in [-0.3, -0.25) is 19.7 Å². The number of amides is 1. The Labute approximate surface area is 130 Å². The average Bonchev–Trinajstić information content (AvgIpc) is 3.10. The summed E-state index contributed by atoms with van der Waals surface area (Å²) in [6.45, 7) is 0. The lowest BCUT2D eigenvalue weighted by Gasteiger charge is -2.30. The summed E-state index contributed by atoms with van der Waals surface area (Å²) in [6, 6.07) is 5.18. The van der Waals surface area contributed by atoms with Crippen molar-refractivity contribution >= 4 is 23.3 Å². The second-order valence-electron chi connectivity index (χ2n) is 6.42. The molecular formula is C15H14N2O6. The number of carbonyl (C=O) groups excluding carboxylic acids is 1. The molecule has 3 fully saturated rings. The summed E-state index contributed by atoms with van der Waals surface area (Å²) >= 11 is 0. The highest BCUT2D eigenvalue weighted by molar-refractivity contribution is 6.02. The van der Waals surface area contributed by atoms with E-state index in [1.807, 2.05) is 0 Å². The van der Waals surface area contributed by atoms with Crippen molar-refractivity contribution in [3.05, 3.63) is 34.4 Å². The zero-order valence-corrected chi connectivity index (χ0v) is 11.9. The molecule has 0 unspecified atom stereocenters. The van der Waals surface area contributed by atoms with Gasteiger partial charge in [0.15, 0.2) is 0 Å². The minimum absolute atomic E-state index is 0.145. The number of aliphatic hydroxyl groups excluding tert-OH is 1. The highest BCUT2D eigenvalue weighted by Crippen LogP contribution is 2.59. The topological polar surface area (TPSA) is 121 Å². The van der Waals surface area contributed by atoms with Crippen molar-refractivity contribution in [2.75, 3.05) is 4.90 Å². The molecule has 1 heterocycles. The van der Waals surface area contributed by atoms with Gasteiger partial charge in [0.05, 0.1) is 34.6 Å². The lowest BCUT2D eigenvalue weighted by atomic mass is 9.78. The molecule has 1 amide bonds. The van der Waals surface area contributed by atoms with Crippen LogP contribution in [0.3, 0.4) is 0 Å². The van der Waals surface area contributed by atoms with Crippen LogP contribution in [-0.2, 0) is 9.59 Å². The number of aliphatic carboxylic acids is 1. The number of hydrogen-bond donors (Lipinski definition) is 2. The van der Waals surface area contributed by atoms with Gasteiger partial charge >= 0.3 is 5.97 Å². The zero-order valence-electron chi connectivity index (χ0n) is 11.9. The molecule has 2 aliphatic carbocycles. The van der Waals surface area contributed by atoms with Crippen molar-refractivity contribution < 1.29 is 24.7 Å². The van der Waals surface area contributed by atoms with Crippen molar-refractivity contribution in [1.82, 2.24) is 0 Å². The summed E-state index contributed by atoms with van der Waals surface area (Å²) in [5.74, 6) is -3.57. The highest BCUT2D eigenvalue weighted by Gasteiger charge is 2.69. The minimum Gasteiger partial charge on any atom is -0.481 e. The van der Waals surface area contributed by atoms with Crippen LogP contribution in [0.25, 0.3) is 0 Å². The fraction of sp³-hybridized carbons (Fsp3) is 0.467. The number of aliphatic hydroxyl groups is 1. The van der Waals surface area contributed by atoms with Gasteiger partial charge in [-0.1, -0.05) is 6.07 Å². The standard InChI is InChI=1S/C15H14N2O6/c18-13-9-5-8-10(11(9)15(20)21)14(19)16(12(8)13)6-2-1-3-7(4-6)17(22)23/h1-4,8-13,18H,5H2,(H,20,21)/t8-,9+,10-,11+,12+,13-/m0/s1. The molecule has 6 atom stereocenters. The predicted octanol–water partition coefficient (Wildman–Crippen LogP) is 0.638. The van der Waals surface area contributed by atoms with E-state index in [4.69, 9.17) is 0 Å². The smallest absolute Gasteiger partial charge is 0.307 e. The number of hydrogen-bond acceptors (Lipinski definition) is 5. The first-order valence-corrected chi connectivity index (χ1v) is 7.40. The minimum atomic E-state index is -1.06. The van der Waals surface area contributed by atoms with E-state index in [0.29, 0.717) is 12.1 Å². The number of carbonyl (C=O) groups is 2. The Bertz CT molecular complexity index is 734. The first-order valence-electron chi connectivity index (χ1n) is 7.40. The SMILES string of the molecule is O=C(O)[C@@H]1[C@H]2C[C@H]3[C@@H]1C(=O)N(c1cccc([N+](=O)[O-])c1)[C@H]3[C@H]2O. The number of nitro groups is 1. The molecule has 0 radical (unpaired) electrons. The first-order chi connectivity index (χ1) is 10.9. The molecule has 1 aromatic rings. The fourth-order valence-corrected chi connectivity index (χ4v) is 4.73. The van der Waals surface area contributed by atoms with Crippen LogP contribution >= 0.6 is 0 Å². The Morgan fingerprint density at radius 3 is 2.74 bits per heavy atom. The summed E-state index contributed by atoms with van der Waals surface area (Å²) in [5, 5.41) is 30.8. The van der Waals surface area contributed by atoms with Crippen LogP contribution in [0.5, 0.6) is 0 Å². The van der Waals surface area contributed by atoms with Gasteiger partial charge in [0.2, 0.25) is 5.91 Å². The lowest BCUT2D eigenvalue weighted by Crippen LogP contribution is -2.44. The zero-order chi connectivity index (χ0) is 16.5. The molecule has 4 rings (SSSR count). The quantitative estimate of drug-likeness (QED) is 0.623. The lowest BCUT2D eigenvalue weighted by molar-refractivity contribution is -0.384. The van der Waals surface area contributed by atoms with Gasteiger partial charge in [-0.15, -0.1) is 0 Å². The van der Waals surface area contributed by atoms with Gasteiger partial charge in [0.25, 0.3) is 5.69 Å². The monoisotopic (exact) mass is 318 g/mol. The van der Waals surface area contributed by atoms with Crippen molar-refractivity contribution in [1.29, 1.82) is 0 Å². The molecule has 3 aliphatic rings. The Morgan fingerprint density at radius 1 is 1.35 bits per heavy atom. The molecule has 0 aromatic heterocycles. The summed E-state index contributed by atoms with van der Waals surface area (Å²) in [6.07, 6.45) is -0.409. The third-order valence-electron chi connectivity index (χ3n) is 5.51. The summed E-state index contributed by atoms with van der Waals surface area (Å²) in [5.41, 5.74) is 0.195. The number of carboxylic acid groups (broad SMARTS) is 1. The van der Waals surface area contributed by atoms with Crippen LogP contribution in [0, 0.1) is 33.8 Å². The maximum Gasteiger partial charge on any atom is 0.307 e. The second-order valence-corrected chi connectivity index (χ2v) is 6.42. The van der Waals surface area contributed by atoms with Crippen LogP contribution in [0.1, 0.15) is 6.42 Å². The maximum absolute atomic E-state index is 12.7. The Morgan fingerprint density at radius 2 is 2.09 bits per heavy atom. The first kappa shape index (κ1) is 14.1. The molecule has 8 heteroatoms. The molecule has 23 heavy (non-hydrogen) atoms. The van der Waals surface area contributed by atoms with Crippen LogP contribution < -0.4 is 4.90 Å². The Hall–Kier alpha value is -2.48. The molecule has 1 saturated heterocycles. The van der Waals surface area contributed by atoms with Gasteiger partial charge in [-0.05, 0) is 18.4 Å². The van der Waals surface area contributed by atoms with Crippen molar-refractivity contribution in [2.24, 2.45) is 23.7 Å². The summed E-state index contributed by atoms with van der Waals surface area (Å²) in [7, 11) is 0. The molecule has 8 nitrogen and oxygen atoms in total. The summed E-state index contributed by atoms with van der Waals surface area (Å²) in [4.78, 5) is 36.0. The number of carboxylic acids is 1. The van der Waals surface area contributed by atoms with E-state index in [1.54, 1.807) is 6.07 Å². The maximum atomic E-state index is 12.7. The van der Waals surface area contributed by atoms with Crippen LogP contribution in [0.4, 0.5) is 11.4 Å². The molecule has 0 spiro atoms. The number of non-ortho nitro benzene ring substituents is 1.